The van der Waals surface area contributed by atoms with E-state index in [9.17, 15) is 4.79 Å². The summed E-state index contributed by atoms with van der Waals surface area (Å²) in [6.07, 6.45) is 2.00. The number of aryl methyl sites for hydroxylation is 1. The van der Waals surface area contributed by atoms with Gasteiger partial charge in [-0.25, -0.2) is 0 Å². The van der Waals surface area contributed by atoms with Gasteiger partial charge in [-0.1, -0.05) is 25.5 Å². The molecule has 1 N–H and O–H groups in total. The summed E-state index contributed by atoms with van der Waals surface area (Å²) in [5.74, 6) is 0.695. The summed E-state index contributed by atoms with van der Waals surface area (Å²) in [6.45, 7) is 4.60. The molecule has 0 bridgehead atoms. The summed E-state index contributed by atoms with van der Waals surface area (Å²) in [7, 11) is 0. The van der Waals surface area contributed by atoms with E-state index in [1.54, 1.807) is 0 Å². The summed E-state index contributed by atoms with van der Waals surface area (Å²) >= 11 is 0. The first-order valence-corrected chi connectivity index (χ1v) is 5.75. The zero-order chi connectivity index (χ0) is 11.5. The molecule has 1 aliphatic heterocycles. The van der Waals surface area contributed by atoms with Crippen molar-refractivity contribution in [3.63, 3.8) is 0 Å². The number of hydrogen-bond donors (Lipinski definition) is 1. The average molecular weight is 219 g/mol. The Morgan fingerprint density at radius 1 is 1.50 bits per heavy atom. The van der Waals surface area contributed by atoms with E-state index in [2.05, 4.69) is 12.2 Å². The molecule has 0 saturated carbocycles. The second-order valence-electron chi connectivity index (χ2n) is 4.22. The number of amides is 1. The summed E-state index contributed by atoms with van der Waals surface area (Å²) in [5, 5.41) is 3.01. The Morgan fingerprint density at radius 3 is 3.06 bits per heavy atom. The first kappa shape index (κ1) is 11.0. The predicted molar refractivity (Wildman–Crippen MR) is 62.8 cm³/mol. The van der Waals surface area contributed by atoms with Crippen LogP contribution in [0.5, 0.6) is 5.75 Å². The van der Waals surface area contributed by atoms with Crippen LogP contribution in [0.4, 0.5) is 0 Å². The molecular weight excluding hydrogens is 202 g/mol. The van der Waals surface area contributed by atoms with E-state index in [1.807, 2.05) is 25.1 Å². The maximum Gasteiger partial charge on any atom is 0.255 e. The second kappa shape index (κ2) is 4.56. The third-order valence-corrected chi connectivity index (χ3v) is 2.87. The van der Waals surface area contributed by atoms with Gasteiger partial charge in [-0.15, -0.1) is 0 Å². The normalized spacial score (nSPS) is 19.4. The van der Waals surface area contributed by atoms with E-state index < -0.39 is 0 Å². The molecular formula is C13H17NO2. The molecule has 3 nitrogen and oxygen atoms in total. The van der Waals surface area contributed by atoms with Crippen molar-refractivity contribution >= 4 is 5.91 Å². The van der Waals surface area contributed by atoms with E-state index in [4.69, 9.17) is 4.74 Å². The summed E-state index contributed by atoms with van der Waals surface area (Å²) in [5.41, 5.74) is 1.65. The van der Waals surface area contributed by atoms with E-state index in [0.29, 0.717) is 17.9 Å². The van der Waals surface area contributed by atoms with Gasteiger partial charge in [-0.05, 0) is 25.0 Å². The van der Waals surface area contributed by atoms with Crippen molar-refractivity contribution in [2.45, 2.75) is 32.7 Å². The van der Waals surface area contributed by atoms with Gasteiger partial charge >= 0.3 is 0 Å². The summed E-state index contributed by atoms with van der Waals surface area (Å²) in [6, 6.07) is 5.84. The van der Waals surface area contributed by atoms with Gasteiger partial charge in [-0.2, -0.15) is 0 Å². The van der Waals surface area contributed by atoms with Crippen LogP contribution in [0.3, 0.4) is 0 Å². The monoisotopic (exact) mass is 219 g/mol. The summed E-state index contributed by atoms with van der Waals surface area (Å²) in [4.78, 5) is 12.0. The third kappa shape index (κ3) is 2.03. The van der Waals surface area contributed by atoms with Gasteiger partial charge in [0.15, 0.2) is 0 Å². The number of carbonyl (C=O) groups is 1. The van der Waals surface area contributed by atoms with Crippen molar-refractivity contribution in [3.05, 3.63) is 29.3 Å². The molecule has 1 heterocycles. The molecule has 1 aromatic carbocycles. The molecule has 0 spiro atoms. The van der Waals surface area contributed by atoms with Gasteiger partial charge in [0.25, 0.3) is 5.91 Å². The Balaban J connectivity index is 2.29. The molecule has 2 rings (SSSR count). The Morgan fingerprint density at radius 2 is 2.31 bits per heavy atom. The standard InChI is InChI=1S/C13H17NO2/c1-3-5-10-8-16-11-7-4-6-9(2)12(11)13(15)14-10/h4,6-7,10H,3,5,8H2,1-2H3,(H,14,15)/t10-/m0/s1. The predicted octanol–water partition coefficient (Wildman–Crippen LogP) is 2.29. The lowest BCUT2D eigenvalue weighted by molar-refractivity contribution is 0.0936. The molecule has 86 valence electrons. The molecule has 3 heteroatoms. The van der Waals surface area contributed by atoms with Crippen molar-refractivity contribution in [2.24, 2.45) is 0 Å². The van der Waals surface area contributed by atoms with E-state index in [1.165, 1.54) is 0 Å². The minimum atomic E-state index is -0.0101. The van der Waals surface area contributed by atoms with E-state index in [0.717, 1.165) is 18.4 Å². The van der Waals surface area contributed by atoms with Gasteiger partial charge in [0.2, 0.25) is 0 Å². The van der Waals surface area contributed by atoms with Crippen molar-refractivity contribution in [1.29, 1.82) is 0 Å². The van der Waals surface area contributed by atoms with Crippen molar-refractivity contribution < 1.29 is 9.53 Å². The largest absolute Gasteiger partial charge is 0.491 e. The molecule has 0 aromatic heterocycles. The van der Waals surface area contributed by atoms with Crippen LogP contribution in [-0.2, 0) is 0 Å². The Hall–Kier alpha value is -1.51. The van der Waals surface area contributed by atoms with Gasteiger partial charge in [0.1, 0.15) is 12.4 Å². The zero-order valence-electron chi connectivity index (χ0n) is 9.75. The molecule has 0 aliphatic carbocycles. The van der Waals surface area contributed by atoms with Crippen LogP contribution in [-0.4, -0.2) is 18.6 Å². The van der Waals surface area contributed by atoms with Gasteiger partial charge < -0.3 is 10.1 Å². The third-order valence-electron chi connectivity index (χ3n) is 2.87. The van der Waals surface area contributed by atoms with E-state index >= 15 is 0 Å². The molecule has 1 aliphatic rings. The van der Waals surface area contributed by atoms with Crippen molar-refractivity contribution in [1.82, 2.24) is 5.32 Å². The highest BCUT2D eigenvalue weighted by molar-refractivity contribution is 5.98. The second-order valence-corrected chi connectivity index (χ2v) is 4.22. The molecule has 16 heavy (non-hydrogen) atoms. The highest BCUT2D eigenvalue weighted by Gasteiger charge is 2.23. The molecule has 1 aromatic rings. The fourth-order valence-corrected chi connectivity index (χ4v) is 2.05. The molecule has 0 saturated heterocycles. The first-order valence-electron chi connectivity index (χ1n) is 5.75. The zero-order valence-corrected chi connectivity index (χ0v) is 9.75. The molecule has 1 amide bonds. The lowest BCUT2D eigenvalue weighted by Gasteiger charge is -2.13. The van der Waals surface area contributed by atoms with Crippen LogP contribution >= 0.6 is 0 Å². The van der Waals surface area contributed by atoms with E-state index in [-0.39, 0.29) is 11.9 Å². The molecule has 0 fully saturated rings. The van der Waals surface area contributed by atoms with Crippen LogP contribution in [0, 0.1) is 6.92 Å². The molecule has 1 atom stereocenters. The minimum Gasteiger partial charge on any atom is -0.491 e. The fourth-order valence-electron chi connectivity index (χ4n) is 2.05. The Labute approximate surface area is 95.8 Å². The Kier molecular flexibility index (Phi) is 3.13. The highest BCUT2D eigenvalue weighted by Crippen LogP contribution is 2.24. The summed E-state index contributed by atoms with van der Waals surface area (Å²) < 4.78 is 5.68. The van der Waals surface area contributed by atoms with Crippen LogP contribution in [0.25, 0.3) is 0 Å². The number of rotatable bonds is 2. The first-order chi connectivity index (χ1) is 7.72. The fraction of sp³-hybridized carbons (Fsp3) is 0.462. The van der Waals surface area contributed by atoms with Crippen LogP contribution in [0.1, 0.15) is 35.7 Å². The van der Waals surface area contributed by atoms with Crippen molar-refractivity contribution in [2.75, 3.05) is 6.61 Å². The molecule has 0 radical (unpaired) electrons. The highest BCUT2D eigenvalue weighted by atomic mass is 16.5. The smallest absolute Gasteiger partial charge is 0.255 e. The SMILES string of the molecule is CCC[C@H]1COc2cccc(C)c2C(=O)N1. The Bertz CT molecular complexity index is 401. The maximum absolute atomic E-state index is 12.0. The van der Waals surface area contributed by atoms with Gasteiger partial charge in [0.05, 0.1) is 11.6 Å². The van der Waals surface area contributed by atoms with Gasteiger partial charge in [-0.3, -0.25) is 4.79 Å². The topological polar surface area (TPSA) is 38.3 Å². The number of carbonyl (C=O) groups excluding carboxylic acids is 1. The van der Waals surface area contributed by atoms with Crippen LogP contribution in [0.2, 0.25) is 0 Å². The number of fused-ring (bicyclic) bond motifs is 1. The van der Waals surface area contributed by atoms with Gasteiger partial charge in [0, 0.05) is 0 Å². The number of nitrogens with one attached hydrogen (secondary N) is 1. The lowest BCUT2D eigenvalue weighted by atomic mass is 10.1. The number of ether oxygens (including phenoxy) is 1. The van der Waals surface area contributed by atoms with Crippen LogP contribution < -0.4 is 10.1 Å². The lowest BCUT2D eigenvalue weighted by Crippen LogP contribution is -2.36. The minimum absolute atomic E-state index is 0.0101. The quantitative estimate of drug-likeness (QED) is 0.828. The number of hydrogen-bond acceptors (Lipinski definition) is 2. The maximum atomic E-state index is 12.0. The van der Waals surface area contributed by atoms with Crippen molar-refractivity contribution in [3.8, 4) is 5.75 Å². The van der Waals surface area contributed by atoms with Crippen LogP contribution in [0.15, 0.2) is 18.2 Å². The number of benzene rings is 1. The molecule has 0 unspecified atom stereocenters. The average Bonchev–Trinajstić information content (AvgIpc) is 2.40.